The molecule has 0 spiro atoms. The third-order valence-corrected chi connectivity index (χ3v) is 6.02. The number of imidazole rings is 1. The van der Waals surface area contributed by atoms with E-state index in [0.29, 0.717) is 29.3 Å². The first-order valence-electron chi connectivity index (χ1n) is 10.3. The molecular weight excluding hydrogens is 419 g/mol. The summed E-state index contributed by atoms with van der Waals surface area (Å²) in [5.74, 6) is 3.57. The molecule has 3 heterocycles. The Morgan fingerprint density at radius 1 is 1.09 bits per heavy atom. The van der Waals surface area contributed by atoms with Crippen LogP contribution < -0.4 is 0 Å². The minimum absolute atomic E-state index is 0.309. The first-order chi connectivity index (χ1) is 15.4. The van der Waals surface area contributed by atoms with E-state index in [1.165, 1.54) is 12.5 Å². The topological polar surface area (TPSA) is 56.2 Å². The third kappa shape index (κ3) is 3.70. The van der Waals surface area contributed by atoms with E-state index in [-0.39, 0.29) is 5.82 Å². The Morgan fingerprint density at radius 2 is 1.94 bits per heavy atom. The van der Waals surface area contributed by atoms with Crippen LogP contribution in [0.5, 0.6) is 0 Å². The van der Waals surface area contributed by atoms with Crippen LogP contribution >= 0.6 is 0 Å². The Bertz CT molecular complexity index is 1400. The van der Waals surface area contributed by atoms with Crippen LogP contribution in [0.2, 0.25) is 19.6 Å². The Kier molecular flexibility index (Phi) is 4.87. The van der Waals surface area contributed by atoms with Crippen molar-refractivity contribution in [2.45, 2.75) is 26.2 Å². The predicted molar refractivity (Wildman–Crippen MR) is 125 cm³/mol. The zero-order valence-electron chi connectivity index (χ0n) is 18.1. The Morgan fingerprint density at radius 3 is 2.69 bits per heavy atom. The molecule has 0 unspecified atom stereocenters. The zero-order valence-corrected chi connectivity index (χ0v) is 19.1. The summed E-state index contributed by atoms with van der Waals surface area (Å²) in [6.45, 7) is 6.94. The maximum atomic E-state index is 14.8. The van der Waals surface area contributed by atoms with Gasteiger partial charge in [0.05, 0.1) is 29.8 Å². The van der Waals surface area contributed by atoms with E-state index in [2.05, 4.69) is 41.1 Å². The molecule has 1 aliphatic heterocycles. The summed E-state index contributed by atoms with van der Waals surface area (Å²) < 4.78 is 22.3. The van der Waals surface area contributed by atoms with E-state index in [1.807, 2.05) is 28.8 Å². The fourth-order valence-electron chi connectivity index (χ4n) is 3.67. The van der Waals surface area contributed by atoms with Gasteiger partial charge in [-0.05, 0) is 30.3 Å². The number of hydrogen-bond donors (Lipinski definition) is 0. The standard InChI is InChI=1S/C25H21FN4OSi/c1-32(2,3)11-10-17-8-9-21-19(12-17)24(18-6-4-5-7-20(18)26)28-13-22-25(29-15-30(21)22)23-14-27-16-31-23/h4-9,12,14-16H,13H2,1-3H3. The molecular formula is C25H21FN4OSi. The van der Waals surface area contributed by atoms with Crippen molar-refractivity contribution >= 4 is 13.8 Å². The summed E-state index contributed by atoms with van der Waals surface area (Å²) in [5.41, 5.74) is 8.57. The third-order valence-electron chi connectivity index (χ3n) is 5.14. The van der Waals surface area contributed by atoms with Crippen LogP contribution in [-0.4, -0.2) is 28.3 Å². The molecule has 1 aliphatic rings. The fourth-order valence-corrected chi connectivity index (χ4v) is 4.19. The van der Waals surface area contributed by atoms with Gasteiger partial charge in [0.15, 0.2) is 12.2 Å². The highest BCUT2D eigenvalue weighted by Gasteiger charge is 2.24. The van der Waals surface area contributed by atoms with E-state index in [1.54, 1.807) is 24.7 Å². The average Bonchev–Trinajstić information content (AvgIpc) is 3.40. The van der Waals surface area contributed by atoms with Crippen LogP contribution in [0.15, 0.2) is 70.8 Å². The molecule has 0 bridgehead atoms. The SMILES string of the molecule is C[Si](C)(C)C#Cc1ccc2c(c1)C(c1ccccc1F)=NCc1c(-c3cnco3)ncn1-2. The number of aromatic nitrogens is 3. The number of nitrogens with zero attached hydrogens (tertiary/aromatic N) is 4. The van der Waals surface area contributed by atoms with Gasteiger partial charge in [0.25, 0.3) is 0 Å². The Labute approximate surface area is 186 Å². The maximum absolute atomic E-state index is 14.8. The number of halogens is 1. The first-order valence-corrected chi connectivity index (χ1v) is 13.8. The molecule has 0 fully saturated rings. The molecule has 0 saturated carbocycles. The molecule has 0 aliphatic carbocycles. The number of aliphatic imine (C=N–C) groups is 1. The largest absolute Gasteiger partial charge is 0.442 e. The Hall–Kier alpha value is -3.76. The van der Waals surface area contributed by atoms with Gasteiger partial charge in [0.2, 0.25) is 0 Å². The lowest BCUT2D eigenvalue weighted by molar-refractivity contribution is 0.569. The smallest absolute Gasteiger partial charge is 0.181 e. The molecule has 0 N–H and O–H groups in total. The summed E-state index contributed by atoms with van der Waals surface area (Å²) in [5, 5.41) is 0. The van der Waals surface area contributed by atoms with Gasteiger partial charge in [-0.3, -0.25) is 9.56 Å². The van der Waals surface area contributed by atoms with Crippen LogP contribution in [0, 0.1) is 17.3 Å². The minimum Gasteiger partial charge on any atom is -0.442 e. The minimum atomic E-state index is -1.54. The molecule has 0 saturated heterocycles. The van der Waals surface area contributed by atoms with E-state index in [4.69, 9.17) is 9.41 Å². The average molecular weight is 441 g/mol. The van der Waals surface area contributed by atoms with Crippen molar-refractivity contribution in [2.24, 2.45) is 4.99 Å². The lowest BCUT2D eigenvalue weighted by Crippen LogP contribution is -2.16. The summed E-state index contributed by atoms with van der Waals surface area (Å²) >= 11 is 0. The van der Waals surface area contributed by atoms with Crippen molar-refractivity contribution in [3.63, 3.8) is 0 Å². The van der Waals surface area contributed by atoms with Gasteiger partial charge in [-0.25, -0.2) is 14.4 Å². The van der Waals surface area contributed by atoms with Gasteiger partial charge >= 0.3 is 0 Å². The maximum Gasteiger partial charge on any atom is 0.181 e. The molecule has 0 amide bonds. The van der Waals surface area contributed by atoms with Crippen LogP contribution in [0.3, 0.4) is 0 Å². The highest BCUT2D eigenvalue weighted by molar-refractivity contribution is 6.83. The zero-order chi connectivity index (χ0) is 22.3. The van der Waals surface area contributed by atoms with E-state index >= 15 is 0 Å². The van der Waals surface area contributed by atoms with Gasteiger partial charge in [0, 0.05) is 16.7 Å². The predicted octanol–water partition coefficient (Wildman–Crippen LogP) is 5.25. The highest BCUT2D eigenvalue weighted by atomic mass is 28.3. The van der Waals surface area contributed by atoms with E-state index in [0.717, 1.165) is 22.5 Å². The second-order valence-electron chi connectivity index (χ2n) is 8.65. The van der Waals surface area contributed by atoms with Gasteiger partial charge in [-0.2, -0.15) is 0 Å². The quantitative estimate of drug-likeness (QED) is 0.316. The van der Waals surface area contributed by atoms with Gasteiger partial charge in [-0.1, -0.05) is 37.7 Å². The molecule has 32 heavy (non-hydrogen) atoms. The van der Waals surface area contributed by atoms with Crippen LogP contribution in [0.4, 0.5) is 4.39 Å². The number of hydrogen-bond acceptors (Lipinski definition) is 4. The molecule has 2 aromatic carbocycles. The summed E-state index contributed by atoms with van der Waals surface area (Å²) in [6.07, 6.45) is 4.76. The highest BCUT2D eigenvalue weighted by Crippen LogP contribution is 2.31. The van der Waals surface area contributed by atoms with Crippen LogP contribution in [0.25, 0.3) is 17.1 Å². The van der Waals surface area contributed by atoms with E-state index in [9.17, 15) is 4.39 Å². The van der Waals surface area contributed by atoms with Crippen LogP contribution in [0.1, 0.15) is 22.4 Å². The van der Waals surface area contributed by atoms with Crippen molar-refractivity contribution in [1.82, 2.24) is 14.5 Å². The summed E-state index contributed by atoms with van der Waals surface area (Å²) in [7, 11) is -1.54. The summed E-state index contributed by atoms with van der Waals surface area (Å²) in [6, 6.07) is 12.7. The number of rotatable bonds is 2. The molecule has 5 rings (SSSR count). The second-order valence-corrected chi connectivity index (χ2v) is 13.4. The van der Waals surface area contributed by atoms with Crippen molar-refractivity contribution in [2.75, 3.05) is 0 Å². The normalized spacial score (nSPS) is 12.8. The van der Waals surface area contributed by atoms with Crippen molar-refractivity contribution < 1.29 is 8.81 Å². The van der Waals surface area contributed by atoms with Gasteiger partial charge in [-0.15, -0.1) is 5.54 Å². The molecule has 4 aromatic rings. The molecule has 158 valence electrons. The molecule has 7 heteroatoms. The number of fused-ring (bicyclic) bond motifs is 3. The molecule has 2 aromatic heterocycles. The van der Waals surface area contributed by atoms with E-state index < -0.39 is 8.07 Å². The Balaban J connectivity index is 1.73. The fraction of sp³-hybridized carbons (Fsp3) is 0.160. The second kappa shape index (κ2) is 7.73. The van der Waals surface area contributed by atoms with Crippen LogP contribution in [-0.2, 0) is 6.54 Å². The van der Waals surface area contributed by atoms with Crippen molar-refractivity contribution in [1.29, 1.82) is 0 Å². The molecule has 0 atom stereocenters. The van der Waals surface area contributed by atoms with Gasteiger partial charge < -0.3 is 4.42 Å². The lowest BCUT2D eigenvalue weighted by Gasteiger charge is -2.13. The molecule has 0 radical (unpaired) electrons. The van der Waals surface area contributed by atoms with Gasteiger partial charge in [0.1, 0.15) is 25.9 Å². The van der Waals surface area contributed by atoms with Crippen molar-refractivity contribution in [3.05, 3.63) is 89.6 Å². The van der Waals surface area contributed by atoms with Crippen molar-refractivity contribution in [3.8, 4) is 28.6 Å². The number of benzene rings is 2. The molecule has 5 nitrogen and oxygen atoms in total. The number of oxazole rings is 1. The monoisotopic (exact) mass is 440 g/mol. The summed E-state index contributed by atoms with van der Waals surface area (Å²) in [4.78, 5) is 13.4. The lowest BCUT2D eigenvalue weighted by atomic mass is 9.98. The first kappa shape index (κ1) is 20.2.